The summed E-state index contributed by atoms with van der Waals surface area (Å²) in [4.78, 5) is 10.00. The van der Waals surface area contributed by atoms with Crippen molar-refractivity contribution in [1.82, 2.24) is 39.3 Å². The van der Waals surface area contributed by atoms with Crippen LogP contribution in [0.4, 0.5) is 43.9 Å². The number of aryl methyl sites for hydroxylation is 4. The van der Waals surface area contributed by atoms with Gasteiger partial charge in [0.25, 0.3) is 0 Å². The van der Waals surface area contributed by atoms with Crippen molar-refractivity contribution in [1.29, 1.82) is 0 Å². The topological polar surface area (TPSA) is 92.2 Å². The molecule has 22 heteroatoms. The molecule has 0 spiro atoms. The largest absolute Gasteiger partial charge is 0.495 e. The quantitative estimate of drug-likeness (QED) is 0.0719. The molecule has 0 radical (unpaired) electrons. The minimum absolute atomic E-state index is 0.0987. The number of fused-ring (bicyclic) bond motifs is 4. The lowest BCUT2D eigenvalue weighted by Crippen LogP contribution is -2.41. The second-order valence-electron chi connectivity index (χ2n) is 26.2. The summed E-state index contributed by atoms with van der Waals surface area (Å²) in [7, 11) is -0.469. The van der Waals surface area contributed by atoms with E-state index in [1.807, 2.05) is 87.9 Å². The smallest absolute Gasteiger partial charge is 0.399 e. The minimum Gasteiger partial charge on any atom is -0.399 e. The van der Waals surface area contributed by atoms with Gasteiger partial charge in [-0.05, 0) is 186 Å². The van der Waals surface area contributed by atoms with Gasteiger partial charge in [0.1, 0.15) is 27.0 Å². The van der Waals surface area contributed by atoms with E-state index in [9.17, 15) is 43.9 Å². The summed E-state index contributed by atoms with van der Waals surface area (Å²) in [5.41, 5.74) is 10.4. The average molecular weight is 1410 g/mol. The number of nitrogens with zero attached hydrogens (tertiary/aromatic N) is 6. The molecular weight excluding hydrogens is 1340 g/mol. The van der Waals surface area contributed by atoms with Crippen LogP contribution >= 0.6 is 22.6 Å². The van der Waals surface area contributed by atoms with Gasteiger partial charge in [-0.25, -0.2) is 26.9 Å². The van der Waals surface area contributed by atoms with Crippen molar-refractivity contribution in [3.63, 3.8) is 0 Å². The molecule has 3 aliphatic rings. The van der Waals surface area contributed by atoms with Gasteiger partial charge < -0.3 is 19.3 Å². The summed E-state index contributed by atoms with van der Waals surface area (Å²) in [6.45, 7) is 25.8. The Morgan fingerprint density at radius 2 is 0.915 bits per heavy atom. The van der Waals surface area contributed by atoms with E-state index < -0.39 is 64.5 Å². The highest BCUT2D eigenvalue weighted by Crippen LogP contribution is 2.48. The van der Waals surface area contributed by atoms with Gasteiger partial charge in [0.2, 0.25) is 0 Å². The molecule has 0 unspecified atom stereocenters. The van der Waals surface area contributed by atoms with E-state index >= 15 is 0 Å². The molecule has 10 nitrogen and oxygen atoms in total. The van der Waals surface area contributed by atoms with Gasteiger partial charge in [-0.2, -0.15) is 36.5 Å². The first kappa shape index (κ1) is 68.2. The van der Waals surface area contributed by atoms with E-state index in [1.54, 1.807) is 24.5 Å². The van der Waals surface area contributed by atoms with E-state index in [4.69, 9.17) is 19.5 Å². The molecule has 4 aromatic heterocycles. The van der Waals surface area contributed by atoms with Crippen LogP contribution in [-0.2, 0) is 84.6 Å². The van der Waals surface area contributed by atoms with Crippen molar-refractivity contribution in [2.45, 2.75) is 170 Å². The number of halogens is 11. The second kappa shape index (κ2) is 25.4. The zero-order chi connectivity index (χ0) is 67.9. The molecule has 1 fully saturated rings. The highest BCUT2D eigenvalue weighted by atomic mass is 127. The Hall–Kier alpha value is -7.25. The summed E-state index contributed by atoms with van der Waals surface area (Å²) < 4.78 is 153. The molecule has 10 aromatic rings. The zero-order valence-corrected chi connectivity index (χ0v) is 56.6. The van der Waals surface area contributed by atoms with Gasteiger partial charge in [0, 0.05) is 77.2 Å². The van der Waals surface area contributed by atoms with Crippen LogP contribution in [-0.4, -0.2) is 57.6 Å². The molecule has 13 rings (SSSR count). The number of hydrogen-bond donors (Lipinski definition) is 2. The van der Waals surface area contributed by atoms with Crippen LogP contribution in [0.25, 0.3) is 44.4 Å². The Balaban J connectivity index is 0.000000154. The molecule has 0 bridgehead atoms. The number of aromatic amines is 2. The van der Waals surface area contributed by atoms with Gasteiger partial charge in [-0.3, -0.25) is 9.80 Å². The summed E-state index contributed by atoms with van der Waals surface area (Å²) in [6.07, 6.45) is -2.38. The molecule has 0 aliphatic carbocycles. The van der Waals surface area contributed by atoms with E-state index in [2.05, 4.69) is 95.5 Å². The van der Waals surface area contributed by atoms with Crippen LogP contribution in [0.1, 0.15) is 150 Å². The molecule has 494 valence electrons. The van der Waals surface area contributed by atoms with Gasteiger partial charge >= 0.3 is 19.5 Å². The molecule has 94 heavy (non-hydrogen) atoms. The molecule has 0 atom stereocenters. The third-order valence-corrected chi connectivity index (χ3v) is 20.4. The normalized spacial score (nSPS) is 16.6. The average Bonchev–Trinajstić information content (AvgIpc) is 1.57. The van der Waals surface area contributed by atoms with Crippen LogP contribution in [0.3, 0.4) is 0 Å². The predicted molar refractivity (Wildman–Crippen MR) is 356 cm³/mol. The fourth-order valence-corrected chi connectivity index (χ4v) is 13.8. The number of hydrogen-bond acceptors (Lipinski definition) is 6. The van der Waals surface area contributed by atoms with Crippen molar-refractivity contribution in [3.05, 3.63) is 216 Å². The lowest BCUT2D eigenvalue weighted by atomic mass is 9.77. The van der Waals surface area contributed by atoms with Gasteiger partial charge in [0.05, 0.1) is 72.9 Å². The number of rotatable bonds is 12. The van der Waals surface area contributed by atoms with Gasteiger partial charge in [-0.1, -0.05) is 82.3 Å². The summed E-state index contributed by atoms with van der Waals surface area (Å²) >= 11 is 2.32. The molecule has 0 amide bonds. The van der Waals surface area contributed by atoms with Crippen LogP contribution in [0.2, 0.25) is 0 Å². The Labute approximate surface area is 554 Å². The molecule has 0 saturated carbocycles. The molecule has 2 N–H and O–H groups in total. The lowest BCUT2D eigenvalue weighted by Gasteiger charge is -2.32. The Morgan fingerprint density at radius 3 is 1.36 bits per heavy atom. The van der Waals surface area contributed by atoms with E-state index in [0.29, 0.717) is 36.3 Å². The van der Waals surface area contributed by atoms with E-state index in [-0.39, 0.29) is 35.9 Å². The fraction of sp³-hybridized carbons (Fsp3) is 0.361. The van der Waals surface area contributed by atoms with Crippen molar-refractivity contribution in [2.24, 2.45) is 0 Å². The number of alkyl halides is 6. The Kier molecular flexibility index (Phi) is 18.4. The summed E-state index contributed by atoms with van der Waals surface area (Å²) in [5, 5.41) is 11.7. The SMILES string of the molecule is CC1(C)OB(c2ccc(F)c3[nH]ccc23)OC1(C)C.CCc1cccc(CC)c1-n1nc2c(c1-c1ccc(F)c3[nH]ccc13)CN(Cc1ccc(C(F)(F)F)cc1F)C2(C)C.CCc1cccc(CC)c1-n1nc2c(c1I)CN(Cc1ccc(C(F)(F)F)cc1F)C2(C)C. The van der Waals surface area contributed by atoms with E-state index in [0.717, 1.165) is 114 Å². The van der Waals surface area contributed by atoms with Gasteiger partial charge in [0.15, 0.2) is 0 Å². The molecular formula is C72H74BF10IN8O2. The van der Waals surface area contributed by atoms with Crippen molar-refractivity contribution >= 4 is 57.0 Å². The van der Waals surface area contributed by atoms with E-state index in [1.165, 1.54) is 35.4 Å². The third-order valence-electron chi connectivity index (χ3n) is 19.3. The van der Waals surface area contributed by atoms with Gasteiger partial charge in [-0.15, -0.1) is 0 Å². The Bertz CT molecular complexity index is 4440. The molecule has 7 heterocycles. The monoisotopic (exact) mass is 1410 g/mol. The molecule has 3 aliphatic heterocycles. The first-order chi connectivity index (χ1) is 44.3. The first-order valence-corrected chi connectivity index (χ1v) is 32.5. The summed E-state index contributed by atoms with van der Waals surface area (Å²) in [6, 6.07) is 28.1. The first-order valence-electron chi connectivity index (χ1n) is 31.5. The number of benzene rings is 6. The number of nitrogens with one attached hydrogen (secondary N) is 2. The maximum absolute atomic E-state index is 14.9. The maximum Gasteiger partial charge on any atom is 0.495 e. The van der Waals surface area contributed by atoms with Crippen LogP contribution in [0, 0.1) is 27.0 Å². The van der Waals surface area contributed by atoms with Crippen LogP contribution < -0.4 is 5.46 Å². The highest BCUT2D eigenvalue weighted by molar-refractivity contribution is 14.1. The summed E-state index contributed by atoms with van der Waals surface area (Å²) in [5.74, 6) is -2.36. The van der Waals surface area contributed by atoms with Crippen LogP contribution in [0.15, 0.2) is 122 Å². The van der Waals surface area contributed by atoms with Crippen molar-refractivity contribution in [2.75, 3.05) is 0 Å². The fourth-order valence-electron chi connectivity index (χ4n) is 13.1. The zero-order valence-electron chi connectivity index (χ0n) is 54.4. The standard InChI is InChI=1S/C33H31F5N4.C25H26F4IN3.C14H17BFNO2/c1-5-19-8-7-9-20(6-2)29(19)42-30(24-12-13-26(34)28-23(24)14-15-39-28)25-18-41(32(3,4)31(25)40-42)17-21-10-11-22(16-27(21)35)33(36,37)38;1-5-15-8-7-9-16(6-2)21(15)33-23(30)19-14-32(24(3,4)22(19)31-33)13-17-10-11-18(12-20(17)26)25(27,28)29;1-13(2)14(3,4)19-15(18-13)10-5-6-11(16)12-9(10)7-8-17-12/h7-16,39H,5-6,17-18H2,1-4H3;7-12H,5-6,13-14H2,1-4H3;5-8,17H,1-4H3. The predicted octanol–water partition coefficient (Wildman–Crippen LogP) is 18.3. The van der Waals surface area contributed by atoms with Crippen molar-refractivity contribution in [3.8, 4) is 22.6 Å². The van der Waals surface area contributed by atoms with Crippen LogP contribution in [0.5, 0.6) is 0 Å². The second-order valence-corrected chi connectivity index (χ2v) is 27.2. The lowest BCUT2D eigenvalue weighted by molar-refractivity contribution is -0.138. The number of aromatic nitrogens is 6. The van der Waals surface area contributed by atoms with Crippen molar-refractivity contribution < 1.29 is 53.2 Å². The Morgan fingerprint density at radius 1 is 0.500 bits per heavy atom. The maximum atomic E-state index is 14.9. The highest BCUT2D eigenvalue weighted by Gasteiger charge is 2.52. The number of H-pyrrole nitrogens is 2. The molecule has 6 aromatic carbocycles. The number of para-hydroxylation sites is 2. The third kappa shape index (κ3) is 12.3. The molecule has 1 saturated heterocycles. The minimum atomic E-state index is -4.62.